The van der Waals surface area contributed by atoms with Crippen molar-refractivity contribution in [2.24, 2.45) is 0 Å². The number of ether oxygens (including phenoxy) is 3. The van der Waals surface area contributed by atoms with E-state index in [1.165, 1.54) is 18.3 Å². The van der Waals surface area contributed by atoms with E-state index in [4.69, 9.17) is 19.3 Å². The first-order chi connectivity index (χ1) is 12.6. The number of aromatic carboxylic acids is 1. The number of fused-ring (bicyclic) bond motifs is 1. The lowest BCUT2D eigenvalue weighted by Gasteiger charge is -2.23. The number of amides is 1. The largest absolute Gasteiger partial charge is 0.477 e. The molecule has 8 nitrogen and oxygen atoms in total. The molecule has 1 aliphatic rings. The van der Waals surface area contributed by atoms with E-state index in [1.807, 2.05) is 12.1 Å². The Hall–Kier alpha value is -3.13. The first-order valence-electron chi connectivity index (χ1n) is 7.94. The van der Waals surface area contributed by atoms with Gasteiger partial charge in [-0.2, -0.15) is 0 Å². The summed E-state index contributed by atoms with van der Waals surface area (Å²) < 4.78 is 15.7. The average Bonchev–Trinajstić information content (AvgIpc) is 3.12. The first-order valence-corrected chi connectivity index (χ1v) is 7.94. The molecule has 8 heteroatoms. The number of methoxy groups -OCH3 is 1. The molecule has 2 aromatic rings. The van der Waals surface area contributed by atoms with Crippen molar-refractivity contribution in [3.05, 3.63) is 53.3 Å². The summed E-state index contributed by atoms with van der Waals surface area (Å²) in [6.07, 6.45) is 1.31. The number of carbonyl (C=O) groups is 2. The van der Waals surface area contributed by atoms with Crippen LogP contribution in [0.4, 0.5) is 0 Å². The third-order valence-electron chi connectivity index (χ3n) is 3.89. The zero-order chi connectivity index (χ0) is 18.5. The van der Waals surface area contributed by atoms with Crippen LogP contribution in [0, 0.1) is 0 Å². The molecule has 136 valence electrons. The standard InChI is InChI=1S/C18H18N2O6/c1-24-7-6-20(10-12-2-3-15-16(8-12)26-11-25-15)17(21)13-4-5-19-14(9-13)18(22)23/h2-5,8-9H,6-7,10-11H2,1H3,(H,22,23). The van der Waals surface area contributed by atoms with Crippen LogP contribution in [0.5, 0.6) is 11.5 Å². The highest BCUT2D eigenvalue weighted by atomic mass is 16.7. The van der Waals surface area contributed by atoms with Gasteiger partial charge in [-0.05, 0) is 29.8 Å². The van der Waals surface area contributed by atoms with Crippen molar-refractivity contribution in [1.82, 2.24) is 9.88 Å². The lowest BCUT2D eigenvalue weighted by atomic mass is 10.1. The summed E-state index contributed by atoms with van der Waals surface area (Å²) in [5.41, 5.74) is 0.950. The van der Waals surface area contributed by atoms with E-state index in [0.717, 1.165) is 5.56 Å². The first kappa shape index (κ1) is 17.7. The van der Waals surface area contributed by atoms with Gasteiger partial charge < -0.3 is 24.2 Å². The second kappa shape index (κ2) is 7.83. The van der Waals surface area contributed by atoms with Gasteiger partial charge in [0, 0.05) is 32.0 Å². The molecule has 0 bridgehead atoms. The molecule has 0 atom stereocenters. The van der Waals surface area contributed by atoms with Gasteiger partial charge in [0.05, 0.1) is 6.61 Å². The van der Waals surface area contributed by atoms with Gasteiger partial charge in [-0.3, -0.25) is 4.79 Å². The smallest absolute Gasteiger partial charge is 0.354 e. The van der Waals surface area contributed by atoms with Gasteiger partial charge in [0.1, 0.15) is 5.69 Å². The predicted octanol–water partition coefficient (Wildman–Crippen LogP) is 1.80. The fourth-order valence-corrected chi connectivity index (χ4v) is 2.58. The Morgan fingerprint density at radius 1 is 1.23 bits per heavy atom. The zero-order valence-electron chi connectivity index (χ0n) is 14.2. The SMILES string of the molecule is COCCN(Cc1ccc2c(c1)OCO2)C(=O)c1ccnc(C(=O)O)c1. The summed E-state index contributed by atoms with van der Waals surface area (Å²) in [6, 6.07) is 8.24. The third kappa shape index (κ3) is 3.92. The second-order valence-corrected chi connectivity index (χ2v) is 5.64. The van der Waals surface area contributed by atoms with Gasteiger partial charge in [0.2, 0.25) is 6.79 Å². The van der Waals surface area contributed by atoms with Crippen molar-refractivity contribution in [3.63, 3.8) is 0 Å². The highest BCUT2D eigenvalue weighted by molar-refractivity contribution is 5.96. The summed E-state index contributed by atoms with van der Waals surface area (Å²) in [5.74, 6) is -0.175. The van der Waals surface area contributed by atoms with Crippen LogP contribution in [-0.2, 0) is 11.3 Å². The Labute approximate surface area is 149 Å². The third-order valence-corrected chi connectivity index (χ3v) is 3.89. The highest BCUT2D eigenvalue weighted by Crippen LogP contribution is 2.32. The molecule has 1 aromatic carbocycles. The number of aromatic nitrogens is 1. The maximum Gasteiger partial charge on any atom is 0.354 e. The van der Waals surface area contributed by atoms with Crippen LogP contribution in [0.3, 0.4) is 0 Å². The molecule has 0 spiro atoms. The van der Waals surface area contributed by atoms with E-state index in [-0.39, 0.29) is 24.0 Å². The Morgan fingerprint density at radius 3 is 2.81 bits per heavy atom. The average molecular weight is 358 g/mol. The maximum atomic E-state index is 12.9. The minimum atomic E-state index is -1.18. The fourth-order valence-electron chi connectivity index (χ4n) is 2.58. The van der Waals surface area contributed by atoms with Gasteiger partial charge in [0.25, 0.3) is 5.91 Å². The Bertz CT molecular complexity index is 823. The molecule has 2 heterocycles. The van der Waals surface area contributed by atoms with Crippen LogP contribution >= 0.6 is 0 Å². The molecule has 0 radical (unpaired) electrons. The molecule has 3 rings (SSSR count). The van der Waals surface area contributed by atoms with Crippen molar-refractivity contribution in [1.29, 1.82) is 0 Å². The molecular weight excluding hydrogens is 340 g/mol. The van der Waals surface area contributed by atoms with Crippen molar-refractivity contribution < 1.29 is 28.9 Å². The number of hydrogen-bond acceptors (Lipinski definition) is 6. The molecule has 0 fully saturated rings. The summed E-state index contributed by atoms with van der Waals surface area (Å²) in [7, 11) is 1.55. The lowest BCUT2D eigenvalue weighted by Crippen LogP contribution is -2.33. The molecule has 0 unspecified atom stereocenters. The summed E-state index contributed by atoms with van der Waals surface area (Å²) in [6.45, 7) is 1.21. The monoisotopic (exact) mass is 358 g/mol. The van der Waals surface area contributed by atoms with Crippen LogP contribution in [0.1, 0.15) is 26.4 Å². The van der Waals surface area contributed by atoms with Crippen molar-refractivity contribution in [3.8, 4) is 11.5 Å². The number of hydrogen-bond donors (Lipinski definition) is 1. The van der Waals surface area contributed by atoms with Crippen molar-refractivity contribution >= 4 is 11.9 Å². The zero-order valence-corrected chi connectivity index (χ0v) is 14.2. The minimum absolute atomic E-state index is 0.175. The normalized spacial score (nSPS) is 12.0. The maximum absolute atomic E-state index is 12.9. The summed E-state index contributed by atoms with van der Waals surface area (Å²) >= 11 is 0. The Balaban J connectivity index is 1.82. The van der Waals surface area contributed by atoms with Gasteiger partial charge in [-0.15, -0.1) is 0 Å². The predicted molar refractivity (Wildman–Crippen MR) is 90.4 cm³/mol. The van der Waals surface area contributed by atoms with Crippen LogP contribution < -0.4 is 9.47 Å². The Morgan fingerprint density at radius 2 is 2.04 bits per heavy atom. The van der Waals surface area contributed by atoms with Crippen molar-refractivity contribution in [2.75, 3.05) is 27.1 Å². The molecular formula is C18H18N2O6. The molecule has 0 saturated heterocycles. The van der Waals surface area contributed by atoms with Crippen molar-refractivity contribution in [2.45, 2.75) is 6.54 Å². The van der Waals surface area contributed by atoms with E-state index in [2.05, 4.69) is 4.98 Å². The number of carboxylic acids is 1. The molecule has 0 saturated carbocycles. The van der Waals surface area contributed by atoms with Gasteiger partial charge >= 0.3 is 5.97 Å². The van der Waals surface area contributed by atoms with Crippen LogP contribution in [0.2, 0.25) is 0 Å². The summed E-state index contributed by atoms with van der Waals surface area (Å²) in [5, 5.41) is 9.06. The van der Waals surface area contributed by atoms with Crippen LogP contribution in [0.15, 0.2) is 36.5 Å². The molecule has 1 aromatic heterocycles. The summed E-state index contributed by atoms with van der Waals surface area (Å²) in [4.78, 5) is 29.3. The quantitative estimate of drug-likeness (QED) is 0.806. The lowest BCUT2D eigenvalue weighted by molar-refractivity contribution is 0.0679. The topological polar surface area (TPSA) is 98.2 Å². The molecule has 1 N–H and O–H groups in total. The number of pyridine rings is 1. The number of nitrogens with zero attached hydrogens (tertiary/aromatic N) is 2. The van der Waals surface area contributed by atoms with Gasteiger partial charge in [0.15, 0.2) is 11.5 Å². The fraction of sp³-hybridized carbons (Fsp3) is 0.278. The second-order valence-electron chi connectivity index (χ2n) is 5.64. The molecule has 1 amide bonds. The molecule has 0 aliphatic carbocycles. The van der Waals surface area contributed by atoms with Crippen LogP contribution in [0.25, 0.3) is 0 Å². The van der Waals surface area contributed by atoms with Gasteiger partial charge in [-0.25, -0.2) is 9.78 Å². The van der Waals surface area contributed by atoms with Crippen LogP contribution in [-0.4, -0.2) is 53.9 Å². The molecule has 1 aliphatic heterocycles. The van der Waals surface area contributed by atoms with E-state index < -0.39 is 5.97 Å². The number of carboxylic acid groups (broad SMARTS) is 1. The van der Waals surface area contributed by atoms with E-state index in [0.29, 0.717) is 31.2 Å². The number of benzene rings is 1. The molecule has 26 heavy (non-hydrogen) atoms. The minimum Gasteiger partial charge on any atom is -0.477 e. The Kier molecular flexibility index (Phi) is 5.33. The van der Waals surface area contributed by atoms with Gasteiger partial charge in [-0.1, -0.05) is 6.07 Å². The number of rotatable bonds is 7. The van der Waals surface area contributed by atoms with E-state index >= 15 is 0 Å². The van der Waals surface area contributed by atoms with E-state index in [9.17, 15) is 9.59 Å². The van der Waals surface area contributed by atoms with E-state index in [1.54, 1.807) is 18.1 Å². The number of carbonyl (C=O) groups excluding carboxylic acids is 1. The highest BCUT2D eigenvalue weighted by Gasteiger charge is 2.20.